The Morgan fingerprint density at radius 1 is 0.478 bits per heavy atom. The lowest BCUT2D eigenvalue weighted by molar-refractivity contribution is -0.870. The molecule has 9 nitrogen and oxygen atoms in total. The van der Waals surface area contributed by atoms with E-state index in [-0.39, 0.29) is 26.1 Å². The van der Waals surface area contributed by atoms with Crippen molar-refractivity contribution in [2.75, 3.05) is 47.5 Å². The minimum atomic E-state index is -4.65. The largest absolute Gasteiger partial charge is 0.756 e. The van der Waals surface area contributed by atoms with Gasteiger partial charge in [-0.25, -0.2) is 0 Å². The molecule has 0 N–H and O–H groups in total. The van der Waals surface area contributed by atoms with E-state index in [1.54, 1.807) is 0 Å². The highest BCUT2D eigenvalue weighted by Gasteiger charge is 2.21. The van der Waals surface area contributed by atoms with Crippen LogP contribution in [0.1, 0.15) is 200 Å². The number of hydrogen-bond acceptors (Lipinski definition) is 8. The molecule has 0 aromatic heterocycles. The van der Waals surface area contributed by atoms with E-state index >= 15 is 0 Å². The molecule has 0 heterocycles. The van der Waals surface area contributed by atoms with Crippen molar-refractivity contribution < 1.29 is 42.1 Å². The third-order valence-corrected chi connectivity index (χ3v) is 11.8. The predicted molar refractivity (Wildman–Crippen MR) is 282 cm³/mol. The quantitative estimate of drug-likeness (QED) is 0.0195. The fourth-order valence-electron chi connectivity index (χ4n) is 6.75. The first-order valence-electron chi connectivity index (χ1n) is 26.4. The highest BCUT2D eigenvalue weighted by molar-refractivity contribution is 7.45. The number of rotatable bonds is 47. The summed E-state index contributed by atoms with van der Waals surface area (Å²) in [4.78, 5) is 37.8. The number of allylic oxidation sites excluding steroid dienone is 16. The van der Waals surface area contributed by atoms with Crippen molar-refractivity contribution in [1.29, 1.82) is 0 Å². The maximum Gasteiger partial charge on any atom is 0.306 e. The maximum absolute atomic E-state index is 12.8. The molecule has 2 atom stereocenters. The van der Waals surface area contributed by atoms with E-state index < -0.39 is 32.5 Å². The molecule has 0 saturated heterocycles. The van der Waals surface area contributed by atoms with Gasteiger partial charge in [0.25, 0.3) is 7.82 Å². The smallest absolute Gasteiger partial charge is 0.306 e. The van der Waals surface area contributed by atoms with Crippen LogP contribution in [0.3, 0.4) is 0 Å². The number of likely N-dealkylation sites (N-methyl/N-ethyl adjacent to an activating group) is 1. The topological polar surface area (TPSA) is 111 Å². The van der Waals surface area contributed by atoms with Crippen LogP contribution in [0.2, 0.25) is 0 Å². The van der Waals surface area contributed by atoms with Crippen molar-refractivity contribution in [3.8, 4) is 0 Å². The van der Waals surface area contributed by atoms with Gasteiger partial charge < -0.3 is 27.9 Å². The fraction of sp³-hybridized carbons (Fsp3) is 0.684. The third kappa shape index (κ3) is 52.2. The van der Waals surface area contributed by atoms with Crippen LogP contribution < -0.4 is 4.89 Å². The van der Waals surface area contributed by atoms with E-state index in [2.05, 4.69) is 111 Å². The van der Waals surface area contributed by atoms with Crippen molar-refractivity contribution in [2.45, 2.75) is 206 Å². The number of esters is 2. The van der Waals surface area contributed by atoms with Crippen LogP contribution in [0.4, 0.5) is 0 Å². The van der Waals surface area contributed by atoms with Gasteiger partial charge in [0, 0.05) is 12.8 Å². The molecule has 0 aromatic rings. The summed E-state index contributed by atoms with van der Waals surface area (Å²) < 4.78 is 34.0. The molecule has 0 radical (unpaired) electrons. The Kier molecular flexibility index (Phi) is 45.8. The average Bonchev–Trinajstić information content (AvgIpc) is 3.29. The van der Waals surface area contributed by atoms with Crippen LogP contribution in [0, 0.1) is 0 Å². The summed E-state index contributed by atoms with van der Waals surface area (Å²) in [6, 6.07) is 0. The van der Waals surface area contributed by atoms with Gasteiger partial charge in [0.2, 0.25) is 0 Å². The molecule has 0 saturated carbocycles. The second-order valence-electron chi connectivity index (χ2n) is 18.5. The summed E-state index contributed by atoms with van der Waals surface area (Å²) in [6.45, 7) is 4.07. The first-order valence-corrected chi connectivity index (χ1v) is 27.9. The first-order chi connectivity index (χ1) is 32.5. The monoisotopic (exact) mass is 956 g/mol. The number of unbranched alkanes of at least 4 members (excludes halogenated alkanes) is 17. The molecule has 2 unspecified atom stereocenters. The Morgan fingerprint density at radius 3 is 1.30 bits per heavy atom. The van der Waals surface area contributed by atoms with Crippen molar-refractivity contribution in [1.82, 2.24) is 0 Å². The normalized spacial score (nSPS) is 14.2. The molecular formula is C57H98NO8P. The van der Waals surface area contributed by atoms with E-state index in [0.717, 1.165) is 89.9 Å². The van der Waals surface area contributed by atoms with E-state index in [1.807, 2.05) is 21.1 Å². The van der Waals surface area contributed by atoms with E-state index in [4.69, 9.17) is 18.5 Å². The minimum Gasteiger partial charge on any atom is -0.756 e. The van der Waals surface area contributed by atoms with Crippen molar-refractivity contribution in [2.24, 2.45) is 0 Å². The predicted octanol–water partition coefficient (Wildman–Crippen LogP) is 15.5. The molecule has 67 heavy (non-hydrogen) atoms. The van der Waals surface area contributed by atoms with Gasteiger partial charge in [-0.3, -0.25) is 14.2 Å². The summed E-state index contributed by atoms with van der Waals surface area (Å²) in [6.07, 6.45) is 64.4. The Hall–Kier alpha value is -3.07. The molecule has 384 valence electrons. The van der Waals surface area contributed by atoms with Gasteiger partial charge in [0.1, 0.15) is 19.8 Å². The summed E-state index contributed by atoms with van der Waals surface area (Å²) >= 11 is 0. The van der Waals surface area contributed by atoms with Crippen LogP contribution in [0.5, 0.6) is 0 Å². The van der Waals surface area contributed by atoms with Crippen molar-refractivity contribution in [3.05, 3.63) is 97.2 Å². The van der Waals surface area contributed by atoms with Crippen molar-refractivity contribution in [3.63, 3.8) is 0 Å². The SMILES string of the molecule is CC/C=C\C/C=C\C/C=C\C/C=C\C/C=C\C/C=C\C/C=C\CCCCCC(=O)OC(COC(=O)CCCCCCCCC/C=C\CCCCCCCCC)COP(=O)([O-])OCC[N+](C)(C)C. The first kappa shape index (κ1) is 63.9. The highest BCUT2D eigenvalue weighted by atomic mass is 31.2. The number of quaternary nitrogens is 1. The van der Waals surface area contributed by atoms with Gasteiger partial charge in [0.15, 0.2) is 6.10 Å². The molecular weight excluding hydrogens is 858 g/mol. The number of phosphoric acid groups is 1. The number of phosphoric ester groups is 1. The van der Waals surface area contributed by atoms with E-state index in [1.165, 1.54) is 70.6 Å². The Bertz CT molecular complexity index is 1450. The van der Waals surface area contributed by atoms with Gasteiger partial charge in [-0.2, -0.15) is 0 Å². The second-order valence-corrected chi connectivity index (χ2v) is 19.9. The Morgan fingerprint density at radius 2 is 0.851 bits per heavy atom. The van der Waals surface area contributed by atoms with Gasteiger partial charge in [0.05, 0.1) is 27.7 Å². The average molecular weight is 956 g/mol. The lowest BCUT2D eigenvalue weighted by Crippen LogP contribution is -2.37. The van der Waals surface area contributed by atoms with Crippen LogP contribution in [-0.4, -0.2) is 70.0 Å². The van der Waals surface area contributed by atoms with Crippen molar-refractivity contribution >= 4 is 19.8 Å². The molecule has 0 aliphatic heterocycles. The molecule has 0 bridgehead atoms. The van der Waals surface area contributed by atoms with Crippen LogP contribution >= 0.6 is 7.82 Å². The van der Waals surface area contributed by atoms with Gasteiger partial charge in [-0.15, -0.1) is 0 Å². The summed E-state index contributed by atoms with van der Waals surface area (Å²) in [5.41, 5.74) is 0. The van der Waals surface area contributed by atoms with Gasteiger partial charge in [-0.05, 0) is 96.3 Å². The molecule has 10 heteroatoms. The summed E-state index contributed by atoms with van der Waals surface area (Å²) in [5.74, 6) is -0.883. The molecule has 0 aliphatic rings. The lowest BCUT2D eigenvalue weighted by atomic mass is 10.1. The van der Waals surface area contributed by atoms with E-state index in [9.17, 15) is 19.0 Å². The zero-order chi connectivity index (χ0) is 49.2. The van der Waals surface area contributed by atoms with Gasteiger partial charge in [-0.1, -0.05) is 188 Å². The number of carbonyl (C=O) groups is 2. The standard InChI is InChI=1S/C57H98NO8P/c1-6-8-10-12-14-16-18-20-22-24-26-27-28-29-30-31-32-34-36-38-40-42-44-46-48-50-57(60)66-55(54-65-67(61,62)64-52-51-58(3,4)5)53-63-56(59)49-47-45-43-41-39-37-35-33-25-23-21-19-17-15-13-11-9-7-2/h8,10,14,16,20,22-23,25-27,29-30,32,34,38,40,55H,6-7,9,11-13,15,17-19,21,24,28,31,33,35-37,39,41-54H2,1-5H3/b10-8-,16-14-,22-20-,25-23-,27-26-,30-29-,34-32-,40-38-. The number of hydrogen-bond donors (Lipinski definition) is 0. The zero-order valence-electron chi connectivity index (χ0n) is 43.3. The molecule has 0 spiro atoms. The third-order valence-electron chi connectivity index (χ3n) is 10.8. The van der Waals surface area contributed by atoms with E-state index in [0.29, 0.717) is 23.9 Å². The molecule has 0 fully saturated rings. The summed E-state index contributed by atoms with van der Waals surface area (Å²) in [5, 5.41) is 0. The fourth-order valence-corrected chi connectivity index (χ4v) is 7.48. The highest BCUT2D eigenvalue weighted by Crippen LogP contribution is 2.38. The molecule has 0 aliphatic carbocycles. The Labute approximate surface area is 411 Å². The number of carbonyl (C=O) groups excluding carboxylic acids is 2. The van der Waals surface area contributed by atoms with Crippen LogP contribution in [-0.2, 0) is 32.7 Å². The minimum absolute atomic E-state index is 0.0435. The lowest BCUT2D eigenvalue weighted by Gasteiger charge is -2.28. The number of ether oxygens (including phenoxy) is 2. The van der Waals surface area contributed by atoms with Crippen LogP contribution in [0.15, 0.2) is 97.2 Å². The Balaban J connectivity index is 4.35. The second kappa shape index (κ2) is 48.0. The van der Waals surface area contributed by atoms with Crippen LogP contribution in [0.25, 0.3) is 0 Å². The van der Waals surface area contributed by atoms with Gasteiger partial charge >= 0.3 is 11.9 Å². The molecule has 0 amide bonds. The maximum atomic E-state index is 12.8. The summed E-state index contributed by atoms with van der Waals surface area (Å²) in [7, 11) is 1.13. The molecule has 0 aromatic carbocycles. The molecule has 0 rings (SSSR count). The number of nitrogens with zero attached hydrogens (tertiary/aromatic N) is 1. The zero-order valence-corrected chi connectivity index (χ0v) is 44.2.